The van der Waals surface area contributed by atoms with Gasteiger partial charge in [0.2, 0.25) is 0 Å². The zero-order valence-electron chi connectivity index (χ0n) is 14.3. The van der Waals surface area contributed by atoms with E-state index < -0.39 is 0 Å². The molecular formula is C19H24Cl3NO2. The van der Waals surface area contributed by atoms with Crippen LogP contribution in [0, 0.1) is 0 Å². The van der Waals surface area contributed by atoms with Gasteiger partial charge in [-0.3, -0.25) is 0 Å². The summed E-state index contributed by atoms with van der Waals surface area (Å²) >= 11 is 12.0. The minimum absolute atomic E-state index is 0. The molecule has 3 nitrogen and oxygen atoms in total. The van der Waals surface area contributed by atoms with E-state index in [0.717, 1.165) is 44.0 Å². The first-order valence-electron chi connectivity index (χ1n) is 8.13. The van der Waals surface area contributed by atoms with Crippen LogP contribution in [0.5, 0.6) is 5.75 Å². The van der Waals surface area contributed by atoms with E-state index in [-0.39, 0.29) is 12.4 Å². The number of halogens is 3. The molecule has 0 aliphatic carbocycles. The fraction of sp³-hybridized carbons (Fsp3) is 0.368. The van der Waals surface area contributed by atoms with E-state index >= 15 is 0 Å². The van der Waals surface area contributed by atoms with Crippen molar-refractivity contribution >= 4 is 35.6 Å². The number of benzene rings is 2. The second-order valence-corrected chi connectivity index (χ2v) is 6.24. The van der Waals surface area contributed by atoms with Crippen LogP contribution in [0.25, 0.3) is 0 Å². The number of rotatable bonds is 10. The smallest absolute Gasteiger partial charge is 0.119 e. The molecule has 0 atom stereocenters. The Morgan fingerprint density at radius 1 is 1.04 bits per heavy atom. The van der Waals surface area contributed by atoms with Crippen molar-refractivity contribution in [2.75, 3.05) is 19.8 Å². The zero-order valence-corrected chi connectivity index (χ0v) is 16.6. The highest BCUT2D eigenvalue weighted by molar-refractivity contribution is 6.35. The molecule has 0 aromatic heterocycles. The van der Waals surface area contributed by atoms with Gasteiger partial charge in [-0.15, -0.1) is 12.4 Å². The lowest BCUT2D eigenvalue weighted by molar-refractivity contribution is 0.144. The molecule has 0 saturated heterocycles. The Morgan fingerprint density at radius 2 is 1.80 bits per heavy atom. The Kier molecular flexibility index (Phi) is 10.9. The normalized spacial score (nSPS) is 10.4. The lowest BCUT2D eigenvalue weighted by atomic mass is 10.2. The summed E-state index contributed by atoms with van der Waals surface area (Å²) in [5.41, 5.74) is 2.14. The predicted molar refractivity (Wildman–Crippen MR) is 107 cm³/mol. The van der Waals surface area contributed by atoms with Crippen LogP contribution in [-0.4, -0.2) is 19.8 Å². The summed E-state index contributed by atoms with van der Waals surface area (Å²) in [7, 11) is 0. The first-order chi connectivity index (χ1) is 11.7. The van der Waals surface area contributed by atoms with E-state index in [9.17, 15) is 0 Å². The Hall–Kier alpha value is -0.970. The minimum Gasteiger partial charge on any atom is -0.489 e. The number of hydrogen-bond donors (Lipinski definition) is 1. The van der Waals surface area contributed by atoms with Crippen molar-refractivity contribution in [1.82, 2.24) is 5.32 Å². The highest BCUT2D eigenvalue weighted by Gasteiger charge is 2.03. The lowest BCUT2D eigenvalue weighted by Gasteiger charge is -2.09. The molecule has 0 fully saturated rings. The van der Waals surface area contributed by atoms with Crippen LogP contribution >= 0.6 is 35.6 Å². The van der Waals surface area contributed by atoms with E-state index in [1.165, 1.54) is 5.56 Å². The van der Waals surface area contributed by atoms with Gasteiger partial charge < -0.3 is 14.8 Å². The number of ether oxygens (including phenoxy) is 2. The minimum atomic E-state index is 0. The van der Waals surface area contributed by atoms with Gasteiger partial charge in [-0.2, -0.15) is 0 Å². The summed E-state index contributed by atoms with van der Waals surface area (Å²) in [6.45, 7) is 5.82. The molecule has 25 heavy (non-hydrogen) atoms. The SMILES string of the molecule is CCOCCCNCc1ccc(OCc2ccc(Cl)cc2Cl)cc1.Cl. The molecule has 0 heterocycles. The molecule has 138 valence electrons. The summed E-state index contributed by atoms with van der Waals surface area (Å²) < 4.78 is 11.1. The van der Waals surface area contributed by atoms with Gasteiger partial charge in [0.1, 0.15) is 12.4 Å². The monoisotopic (exact) mass is 403 g/mol. The molecular weight excluding hydrogens is 381 g/mol. The Bertz CT molecular complexity index is 621. The summed E-state index contributed by atoms with van der Waals surface area (Å²) in [6, 6.07) is 13.5. The molecule has 0 radical (unpaired) electrons. The molecule has 0 saturated carbocycles. The molecule has 0 aliphatic rings. The topological polar surface area (TPSA) is 30.5 Å². The van der Waals surface area contributed by atoms with Crippen molar-refractivity contribution in [3.63, 3.8) is 0 Å². The number of nitrogens with one attached hydrogen (secondary N) is 1. The van der Waals surface area contributed by atoms with Crippen LogP contribution < -0.4 is 10.1 Å². The van der Waals surface area contributed by atoms with Gasteiger partial charge in [0.25, 0.3) is 0 Å². The molecule has 2 aromatic carbocycles. The van der Waals surface area contributed by atoms with Crippen molar-refractivity contribution in [1.29, 1.82) is 0 Å². The maximum atomic E-state index is 6.14. The number of hydrogen-bond acceptors (Lipinski definition) is 3. The van der Waals surface area contributed by atoms with E-state index in [0.29, 0.717) is 16.7 Å². The van der Waals surface area contributed by atoms with Crippen molar-refractivity contribution < 1.29 is 9.47 Å². The molecule has 1 N–H and O–H groups in total. The second kappa shape index (κ2) is 12.4. The molecule has 6 heteroatoms. The van der Waals surface area contributed by atoms with Crippen LogP contribution in [0.1, 0.15) is 24.5 Å². The third-order valence-corrected chi connectivity index (χ3v) is 4.10. The van der Waals surface area contributed by atoms with Crippen molar-refractivity contribution in [2.45, 2.75) is 26.5 Å². The molecule has 2 aromatic rings. The Labute approximate surface area is 166 Å². The summed E-state index contributed by atoms with van der Waals surface area (Å²) in [5.74, 6) is 0.820. The third kappa shape index (κ3) is 8.30. The summed E-state index contributed by atoms with van der Waals surface area (Å²) in [5, 5.41) is 4.65. The van der Waals surface area contributed by atoms with Gasteiger partial charge in [0, 0.05) is 35.4 Å². The highest BCUT2D eigenvalue weighted by Crippen LogP contribution is 2.22. The lowest BCUT2D eigenvalue weighted by Crippen LogP contribution is -2.16. The molecule has 0 bridgehead atoms. The zero-order chi connectivity index (χ0) is 17.2. The van der Waals surface area contributed by atoms with Gasteiger partial charge in [0.05, 0.1) is 0 Å². The van der Waals surface area contributed by atoms with E-state index in [1.807, 2.05) is 31.2 Å². The van der Waals surface area contributed by atoms with Crippen LogP contribution in [-0.2, 0) is 17.9 Å². The van der Waals surface area contributed by atoms with E-state index in [4.69, 9.17) is 32.7 Å². The van der Waals surface area contributed by atoms with Gasteiger partial charge >= 0.3 is 0 Å². The molecule has 0 unspecified atom stereocenters. The fourth-order valence-electron chi connectivity index (χ4n) is 2.18. The third-order valence-electron chi connectivity index (χ3n) is 3.51. The summed E-state index contributed by atoms with van der Waals surface area (Å²) in [4.78, 5) is 0. The van der Waals surface area contributed by atoms with E-state index in [2.05, 4.69) is 17.4 Å². The predicted octanol–water partition coefficient (Wildman–Crippen LogP) is 5.51. The average molecular weight is 405 g/mol. The van der Waals surface area contributed by atoms with Crippen LogP contribution in [0.4, 0.5) is 0 Å². The van der Waals surface area contributed by atoms with Crippen molar-refractivity contribution in [3.8, 4) is 5.75 Å². The van der Waals surface area contributed by atoms with Crippen molar-refractivity contribution in [3.05, 3.63) is 63.6 Å². The standard InChI is InChI=1S/C19H23Cl2NO2.ClH/c1-2-23-11-3-10-22-13-15-4-8-18(9-5-15)24-14-16-6-7-17(20)12-19(16)21;/h4-9,12,22H,2-3,10-11,13-14H2,1H3;1H. The summed E-state index contributed by atoms with van der Waals surface area (Å²) in [6.07, 6.45) is 1.02. The fourth-order valence-corrected chi connectivity index (χ4v) is 2.64. The Morgan fingerprint density at radius 3 is 2.48 bits per heavy atom. The Balaban J connectivity index is 0.00000312. The van der Waals surface area contributed by atoms with Gasteiger partial charge in [-0.05, 0) is 49.7 Å². The first kappa shape index (κ1) is 22.1. The second-order valence-electron chi connectivity index (χ2n) is 5.40. The van der Waals surface area contributed by atoms with E-state index in [1.54, 1.807) is 6.07 Å². The molecule has 0 spiro atoms. The van der Waals surface area contributed by atoms with Crippen LogP contribution in [0.15, 0.2) is 42.5 Å². The molecule has 0 aliphatic heterocycles. The van der Waals surface area contributed by atoms with Gasteiger partial charge in [-0.1, -0.05) is 41.4 Å². The molecule has 0 amide bonds. The van der Waals surface area contributed by atoms with Gasteiger partial charge in [-0.25, -0.2) is 0 Å². The average Bonchev–Trinajstić information content (AvgIpc) is 2.58. The first-order valence-corrected chi connectivity index (χ1v) is 8.88. The van der Waals surface area contributed by atoms with Gasteiger partial charge in [0.15, 0.2) is 0 Å². The van der Waals surface area contributed by atoms with Crippen LogP contribution in [0.2, 0.25) is 10.0 Å². The largest absolute Gasteiger partial charge is 0.489 e. The maximum Gasteiger partial charge on any atom is 0.119 e. The maximum absolute atomic E-state index is 6.14. The molecule has 2 rings (SSSR count). The van der Waals surface area contributed by atoms with Crippen molar-refractivity contribution in [2.24, 2.45) is 0 Å². The van der Waals surface area contributed by atoms with Crippen LogP contribution in [0.3, 0.4) is 0 Å². The highest BCUT2D eigenvalue weighted by atomic mass is 35.5. The quantitative estimate of drug-likeness (QED) is 0.530.